The van der Waals surface area contributed by atoms with E-state index in [1.54, 1.807) is 14.2 Å². The van der Waals surface area contributed by atoms with Gasteiger partial charge in [0.15, 0.2) is 0 Å². The van der Waals surface area contributed by atoms with E-state index in [1.807, 2.05) is 13.8 Å². The van der Waals surface area contributed by atoms with E-state index in [0.29, 0.717) is 25.3 Å². The monoisotopic (exact) mass is 294 g/mol. The molecule has 0 heterocycles. The zero-order chi connectivity index (χ0) is 14.3. The molecule has 1 aliphatic carbocycles. The molecule has 0 aromatic heterocycles. The van der Waals surface area contributed by atoms with Crippen LogP contribution in [-0.4, -0.2) is 45.8 Å². The first-order valence-electron chi connectivity index (χ1n) is 7.02. The molecule has 0 bridgehead atoms. The third kappa shape index (κ3) is 5.16. The van der Waals surface area contributed by atoms with Gasteiger partial charge in [0.2, 0.25) is 0 Å². The van der Waals surface area contributed by atoms with E-state index in [4.69, 9.17) is 18.5 Å². The van der Waals surface area contributed by atoms with Crippen molar-refractivity contribution >= 4 is 7.60 Å². The number of methoxy groups -OCH3 is 2. The van der Waals surface area contributed by atoms with Crippen molar-refractivity contribution in [3.05, 3.63) is 0 Å². The van der Waals surface area contributed by atoms with E-state index in [1.165, 1.54) is 0 Å². The van der Waals surface area contributed by atoms with Gasteiger partial charge in [0, 0.05) is 14.2 Å². The van der Waals surface area contributed by atoms with Crippen LogP contribution in [0, 0.1) is 5.92 Å². The lowest BCUT2D eigenvalue weighted by Gasteiger charge is -2.35. The molecule has 3 atom stereocenters. The highest BCUT2D eigenvalue weighted by atomic mass is 31.2. The van der Waals surface area contributed by atoms with Crippen LogP contribution in [0.25, 0.3) is 0 Å². The van der Waals surface area contributed by atoms with E-state index in [0.717, 1.165) is 19.3 Å². The molecule has 5 nitrogen and oxygen atoms in total. The Hall–Kier alpha value is 0.0700. The molecular weight excluding hydrogens is 267 g/mol. The van der Waals surface area contributed by atoms with Crippen LogP contribution in [0.15, 0.2) is 0 Å². The summed E-state index contributed by atoms with van der Waals surface area (Å²) in [5, 5.41) is 0. The molecule has 6 heteroatoms. The average Bonchev–Trinajstić information content (AvgIpc) is 2.38. The van der Waals surface area contributed by atoms with Gasteiger partial charge in [-0.15, -0.1) is 0 Å². The molecule has 3 unspecified atom stereocenters. The summed E-state index contributed by atoms with van der Waals surface area (Å²) in [5.41, 5.74) is 0. The summed E-state index contributed by atoms with van der Waals surface area (Å²) in [5.74, 6) is 0.306. The second-order valence-electron chi connectivity index (χ2n) is 4.86. The van der Waals surface area contributed by atoms with E-state index in [2.05, 4.69) is 0 Å². The van der Waals surface area contributed by atoms with Crippen LogP contribution in [0.4, 0.5) is 0 Å². The van der Waals surface area contributed by atoms with Gasteiger partial charge in [-0.1, -0.05) is 0 Å². The number of hydrogen-bond acceptors (Lipinski definition) is 5. The van der Waals surface area contributed by atoms with Crippen LogP contribution in [0.1, 0.15) is 33.1 Å². The fourth-order valence-corrected chi connectivity index (χ4v) is 4.76. The van der Waals surface area contributed by atoms with Crippen LogP contribution in [-0.2, 0) is 23.1 Å². The van der Waals surface area contributed by atoms with Crippen molar-refractivity contribution in [2.75, 3.05) is 33.6 Å². The quantitative estimate of drug-likeness (QED) is 0.644. The van der Waals surface area contributed by atoms with Crippen molar-refractivity contribution in [1.29, 1.82) is 0 Å². The summed E-state index contributed by atoms with van der Waals surface area (Å²) >= 11 is 0. The second-order valence-corrected chi connectivity index (χ2v) is 6.96. The summed E-state index contributed by atoms with van der Waals surface area (Å²) in [6, 6.07) is 0. The minimum Gasteiger partial charge on any atom is -0.379 e. The maximum absolute atomic E-state index is 12.5. The Balaban J connectivity index is 2.58. The lowest BCUT2D eigenvalue weighted by Crippen LogP contribution is -2.37. The number of rotatable bonds is 8. The van der Waals surface area contributed by atoms with Crippen molar-refractivity contribution in [3.63, 3.8) is 0 Å². The Morgan fingerprint density at radius 3 is 2.05 bits per heavy atom. The molecule has 19 heavy (non-hydrogen) atoms. The smallest absolute Gasteiger partial charge is 0.330 e. The lowest BCUT2D eigenvalue weighted by atomic mass is 9.86. The molecule has 0 aliphatic heterocycles. The van der Waals surface area contributed by atoms with Gasteiger partial charge in [-0.05, 0) is 39.0 Å². The van der Waals surface area contributed by atoms with Gasteiger partial charge in [-0.2, -0.15) is 0 Å². The maximum atomic E-state index is 12.5. The molecule has 1 rings (SSSR count). The molecule has 0 radical (unpaired) electrons. The molecule has 1 saturated carbocycles. The van der Waals surface area contributed by atoms with Crippen molar-refractivity contribution < 1.29 is 23.1 Å². The van der Waals surface area contributed by atoms with Crippen molar-refractivity contribution in [3.8, 4) is 0 Å². The van der Waals surface area contributed by atoms with Crippen LogP contribution in [0.3, 0.4) is 0 Å². The molecule has 0 N–H and O–H groups in total. The summed E-state index contributed by atoms with van der Waals surface area (Å²) in [6.45, 7) is 4.51. The highest BCUT2D eigenvalue weighted by molar-refractivity contribution is 7.53. The maximum Gasteiger partial charge on any atom is 0.330 e. The van der Waals surface area contributed by atoms with Gasteiger partial charge in [0.25, 0.3) is 0 Å². The Morgan fingerprint density at radius 2 is 1.58 bits per heavy atom. The Morgan fingerprint density at radius 1 is 1.00 bits per heavy atom. The van der Waals surface area contributed by atoms with E-state index in [-0.39, 0.29) is 12.2 Å². The summed E-state index contributed by atoms with van der Waals surface area (Å²) in [7, 11) is 0.459. The zero-order valence-corrected chi connectivity index (χ0v) is 13.4. The highest BCUT2D eigenvalue weighted by Crippen LogP contribution is 2.51. The SMILES string of the molecule is CCOP(=O)(CC1CCC(OC)C(OC)C1)OCC. The molecule has 114 valence electrons. The van der Waals surface area contributed by atoms with Gasteiger partial charge in [0.1, 0.15) is 0 Å². The van der Waals surface area contributed by atoms with Crippen LogP contribution in [0.2, 0.25) is 0 Å². The lowest BCUT2D eigenvalue weighted by molar-refractivity contribution is -0.0684. The van der Waals surface area contributed by atoms with Crippen LogP contribution < -0.4 is 0 Å². The van der Waals surface area contributed by atoms with Crippen LogP contribution in [0.5, 0.6) is 0 Å². The van der Waals surface area contributed by atoms with E-state index in [9.17, 15) is 4.57 Å². The number of ether oxygens (including phenoxy) is 2. The first kappa shape index (κ1) is 17.1. The average molecular weight is 294 g/mol. The minimum absolute atomic E-state index is 0.0699. The first-order valence-corrected chi connectivity index (χ1v) is 8.75. The third-order valence-electron chi connectivity index (χ3n) is 3.58. The molecule has 0 aromatic carbocycles. The predicted octanol–water partition coefficient (Wildman–Crippen LogP) is 3.08. The molecule has 0 amide bonds. The van der Waals surface area contributed by atoms with Crippen molar-refractivity contribution in [2.24, 2.45) is 5.92 Å². The molecule has 1 fully saturated rings. The van der Waals surface area contributed by atoms with Crippen molar-refractivity contribution in [1.82, 2.24) is 0 Å². The molecular formula is C13H27O5P. The Bertz CT molecular complexity index is 287. The first-order chi connectivity index (χ1) is 9.08. The Labute approximate surface area is 116 Å². The highest BCUT2D eigenvalue weighted by Gasteiger charge is 2.36. The molecule has 1 aliphatic rings. The van der Waals surface area contributed by atoms with Crippen molar-refractivity contribution in [2.45, 2.75) is 45.3 Å². The standard InChI is InChI=1S/C13H27O5P/c1-5-17-19(14,18-6-2)10-11-7-8-12(15-3)13(9-11)16-4/h11-13H,5-10H2,1-4H3. The second kappa shape index (κ2) is 8.38. The third-order valence-corrected chi connectivity index (χ3v) is 5.85. The Kier molecular flexibility index (Phi) is 7.55. The molecule has 0 aromatic rings. The molecule has 0 saturated heterocycles. The summed E-state index contributed by atoms with van der Waals surface area (Å²) < 4.78 is 34.1. The topological polar surface area (TPSA) is 54.0 Å². The fourth-order valence-electron chi connectivity index (χ4n) is 2.72. The summed E-state index contributed by atoms with van der Waals surface area (Å²) in [4.78, 5) is 0. The van der Waals surface area contributed by atoms with Crippen LogP contribution >= 0.6 is 7.60 Å². The fraction of sp³-hybridized carbons (Fsp3) is 1.00. The minimum atomic E-state index is -2.95. The predicted molar refractivity (Wildman–Crippen MR) is 74.7 cm³/mol. The van der Waals surface area contributed by atoms with Gasteiger partial charge < -0.3 is 18.5 Å². The van der Waals surface area contributed by atoms with E-state index < -0.39 is 7.60 Å². The largest absolute Gasteiger partial charge is 0.379 e. The van der Waals surface area contributed by atoms with Gasteiger partial charge >= 0.3 is 7.60 Å². The van der Waals surface area contributed by atoms with Gasteiger partial charge in [-0.25, -0.2) is 0 Å². The zero-order valence-electron chi connectivity index (χ0n) is 12.5. The van der Waals surface area contributed by atoms with Gasteiger partial charge in [0.05, 0.1) is 31.6 Å². The number of hydrogen-bond donors (Lipinski definition) is 0. The summed E-state index contributed by atoms with van der Waals surface area (Å²) in [6.07, 6.45) is 3.44. The van der Waals surface area contributed by atoms with Gasteiger partial charge in [-0.3, -0.25) is 4.57 Å². The normalized spacial score (nSPS) is 28.5. The molecule has 0 spiro atoms. The van der Waals surface area contributed by atoms with E-state index >= 15 is 0 Å².